The van der Waals surface area contributed by atoms with Crippen LogP contribution < -0.4 is 15.4 Å². The third-order valence-electron chi connectivity index (χ3n) is 3.34. The normalized spacial score (nSPS) is 13.9. The van der Waals surface area contributed by atoms with Crippen molar-refractivity contribution in [3.05, 3.63) is 29.1 Å². The van der Waals surface area contributed by atoms with Gasteiger partial charge in [-0.3, -0.25) is 4.99 Å². The van der Waals surface area contributed by atoms with Crippen LogP contribution in [0.5, 0.6) is 5.75 Å². The van der Waals surface area contributed by atoms with Crippen LogP contribution in [0, 0.1) is 11.7 Å². The third kappa shape index (κ3) is 6.14. The van der Waals surface area contributed by atoms with Crippen LogP contribution in [-0.4, -0.2) is 32.9 Å². The van der Waals surface area contributed by atoms with E-state index in [0.29, 0.717) is 25.5 Å². The van der Waals surface area contributed by atoms with Gasteiger partial charge in [-0.15, -0.1) is 24.0 Å². The molecule has 0 spiro atoms. The highest BCUT2D eigenvalue weighted by atomic mass is 127. The standard InChI is InChI=1S/C16H24FN3O2.HI/c1-11(2)8-20-16(18-3)19-5-4-12-6-14(17)7-13-9-21-10-22-15(12)13;/h6-7,11H,4-5,8-10H2,1-3H3,(H2,18,19,20);1H. The minimum atomic E-state index is -0.259. The van der Waals surface area contributed by atoms with Gasteiger partial charge in [0.1, 0.15) is 11.6 Å². The number of hydrogen-bond donors (Lipinski definition) is 2. The first-order valence-corrected chi connectivity index (χ1v) is 7.56. The molecule has 0 saturated heterocycles. The fourth-order valence-electron chi connectivity index (χ4n) is 2.28. The Bertz CT molecular complexity index is 538. The maximum atomic E-state index is 13.6. The predicted octanol–water partition coefficient (Wildman–Crippen LogP) is 2.67. The molecule has 2 N–H and O–H groups in total. The van der Waals surface area contributed by atoms with Gasteiger partial charge in [0, 0.05) is 25.7 Å². The topological polar surface area (TPSA) is 54.9 Å². The summed E-state index contributed by atoms with van der Waals surface area (Å²) in [5.74, 6) is 1.79. The number of nitrogens with one attached hydrogen (secondary N) is 2. The van der Waals surface area contributed by atoms with Crippen LogP contribution in [0.3, 0.4) is 0 Å². The smallest absolute Gasteiger partial charge is 0.190 e. The zero-order valence-corrected chi connectivity index (χ0v) is 16.1. The molecule has 7 heteroatoms. The number of aliphatic imine (C=N–C) groups is 1. The molecule has 0 bridgehead atoms. The maximum absolute atomic E-state index is 13.6. The zero-order valence-electron chi connectivity index (χ0n) is 13.8. The van der Waals surface area contributed by atoms with E-state index in [1.165, 1.54) is 12.1 Å². The van der Waals surface area contributed by atoms with Crippen molar-refractivity contribution in [2.24, 2.45) is 10.9 Å². The summed E-state index contributed by atoms with van der Waals surface area (Å²) in [5.41, 5.74) is 1.62. The van der Waals surface area contributed by atoms with Crippen molar-refractivity contribution in [3.8, 4) is 5.75 Å². The van der Waals surface area contributed by atoms with E-state index in [-0.39, 0.29) is 36.6 Å². The van der Waals surface area contributed by atoms with Gasteiger partial charge in [0.05, 0.1) is 6.61 Å². The Balaban J connectivity index is 0.00000264. The van der Waals surface area contributed by atoms with Gasteiger partial charge in [-0.25, -0.2) is 4.39 Å². The van der Waals surface area contributed by atoms with Crippen LogP contribution in [0.4, 0.5) is 4.39 Å². The molecule has 0 amide bonds. The van der Waals surface area contributed by atoms with Crippen molar-refractivity contribution < 1.29 is 13.9 Å². The summed E-state index contributed by atoms with van der Waals surface area (Å²) in [5, 5.41) is 6.47. The van der Waals surface area contributed by atoms with Gasteiger partial charge in [0.15, 0.2) is 12.8 Å². The van der Waals surface area contributed by atoms with Gasteiger partial charge in [-0.1, -0.05) is 13.8 Å². The second kappa shape index (κ2) is 9.92. The fourth-order valence-corrected chi connectivity index (χ4v) is 2.28. The maximum Gasteiger partial charge on any atom is 0.190 e. The average molecular weight is 437 g/mol. The van der Waals surface area contributed by atoms with Gasteiger partial charge in [0.25, 0.3) is 0 Å². The van der Waals surface area contributed by atoms with Crippen LogP contribution in [0.15, 0.2) is 17.1 Å². The van der Waals surface area contributed by atoms with E-state index < -0.39 is 0 Å². The molecule has 0 saturated carbocycles. The molecule has 0 atom stereocenters. The largest absolute Gasteiger partial charge is 0.467 e. The van der Waals surface area contributed by atoms with Crippen LogP contribution in [-0.2, 0) is 17.8 Å². The Morgan fingerprint density at radius 3 is 2.83 bits per heavy atom. The molecule has 23 heavy (non-hydrogen) atoms. The van der Waals surface area contributed by atoms with Crippen molar-refractivity contribution in [2.45, 2.75) is 26.9 Å². The number of fused-ring (bicyclic) bond motifs is 1. The molecular formula is C16H25FIN3O2. The molecule has 1 aromatic carbocycles. The quantitative estimate of drug-likeness (QED) is 0.423. The first-order chi connectivity index (χ1) is 10.6. The number of nitrogens with zero attached hydrogens (tertiary/aromatic N) is 1. The second-order valence-electron chi connectivity index (χ2n) is 5.69. The van der Waals surface area contributed by atoms with Crippen molar-refractivity contribution in [3.63, 3.8) is 0 Å². The van der Waals surface area contributed by atoms with Crippen LogP contribution in [0.1, 0.15) is 25.0 Å². The molecular weight excluding hydrogens is 412 g/mol. The van der Waals surface area contributed by atoms with E-state index in [4.69, 9.17) is 9.47 Å². The SMILES string of the molecule is CN=C(NCCc1cc(F)cc2c1OCOC2)NCC(C)C.I. The minimum Gasteiger partial charge on any atom is -0.467 e. The summed E-state index contributed by atoms with van der Waals surface area (Å²) in [7, 11) is 1.74. The molecule has 0 radical (unpaired) electrons. The number of halogens is 2. The van der Waals surface area contributed by atoms with E-state index in [2.05, 4.69) is 29.5 Å². The summed E-state index contributed by atoms with van der Waals surface area (Å²) in [6.45, 7) is 6.40. The molecule has 5 nitrogen and oxygen atoms in total. The minimum absolute atomic E-state index is 0. The predicted molar refractivity (Wildman–Crippen MR) is 100 cm³/mol. The second-order valence-corrected chi connectivity index (χ2v) is 5.69. The molecule has 1 aliphatic heterocycles. The van der Waals surface area contributed by atoms with E-state index in [9.17, 15) is 4.39 Å². The van der Waals surface area contributed by atoms with Gasteiger partial charge in [0.2, 0.25) is 0 Å². The number of rotatable bonds is 5. The van der Waals surface area contributed by atoms with Crippen molar-refractivity contribution >= 4 is 29.9 Å². The molecule has 130 valence electrons. The summed E-state index contributed by atoms with van der Waals surface area (Å²) >= 11 is 0. The van der Waals surface area contributed by atoms with Crippen molar-refractivity contribution in [1.82, 2.24) is 10.6 Å². The molecule has 0 aliphatic carbocycles. The van der Waals surface area contributed by atoms with Crippen LogP contribution in [0.25, 0.3) is 0 Å². The molecule has 0 fully saturated rings. The Hall–Kier alpha value is -1.09. The summed E-state index contributed by atoms with van der Waals surface area (Å²) in [6, 6.07) is 2.99. The van der Waals surface area contributed by atoms with E-state index in [1.807, 2.05) is 0 Å². The van der Waals surface area contributed by atoms with Gasteiger partial charge >= 0.3 is 0 Å². The zero-order chi connectivity index (χ0) is 15.9. The molecule has 0 unspecified atom stereocenters. The van der Waals surface area contributed by atoms with Gasteiger partial charge in [-0.05, 0) is 30.0 Å². The summed E-state index contributed by atoms with van der Waals surface area (Å²) in [6.07, 6.45) is 0.655. The van der Waals surface area contributed by atoms with E-state index in [1.54, 1.807) is 7.05 Å². The Labute approximate surface area is 154 Å². The lowest BCUT2D eigenvalue weighted by Gasteiger charge is -2.21. The summed E-state index contributed by atoms with van der Waals surface area (Å²) in [4.78, 5) is 4.17. The molecule has 0 aromatic heterocycles. The lowest BCUT2D eigenvalue weighted by molar-refractivity contribution is -0.0172. The molecule has 1 aromatic rings. The van der Waals surface area contributed by atoms with Crippen LogP contribution in [0.2, 0.25) is 0 Å². The lowest BCUT2D eigenvalue weighted by atomic mass is 10.1. The van der Waals surface area contributed by atoms with E-state index >= 15 is 0 Å². The molecule has 1 aliphatic rings. The lowest BCUT2D eigenvalue weighted by Crippen LogP contribution is -2.40. The third-order valence-corrected chi connectivity index (χ3v) is 3.34. The van der Waals surface area contributed by atoms with Gasteiger partial charge in [-0.2, -0.15) is 0 Å². The van der Waals surface area contributed by atoms with E-state index in [0.717, 1.165) is 29.4 Å². The number of hydrogen-bond acceptors (Lipinski definition) is 3. The molecule has 2 rings (SSSR count). The average Bonchev–Trinajstić information content (AvgIpc) is 2.50. The van der Waals surface area contributed by atoms with Gasteiger partial charge < -0.3 is 20.1 Å². The Morgan fingerprint density at radius 1 is 1.35 bits per heavy atom. The Morgan fingerprint density at radius 2 is 2.13 bits per heavy atom. The number of benzene rings is 1. The fraction of sp³-hybridized carbons (Fsp3) is 0.562. The first kappa shape index (κ1) is 20.0. The number of guanidine groups is 1. The number of ether oxygens (including phenoxy) is 2. The first-order valence-electron chi connectivity index (χ1n) is 7.56. The Kier molecular flexibility index (Phi) is 8.60. The van der Waals surface area contributed by atoms with Crippen LogP contribution >= 0.6 is 24.0 Å². The highest BCUT2D eigenvalue weighted by Gasteiger charge is 2.16. The monoisotopic (exact) mass is 437 g/mol. The highest BCUT2D eigenvalue weighted by molar-refractivity contribution is 14.0. The molecule has 1 heterocycles. The summed E-state index contributed by atoms with van der Waals surface area (Å²) < 4.78 is 24.3. The highest BCUT2D eigenvalue weighted by Crippen LogP contribution is 2.29. The van der Waals surface area contributed by atoms with Crippen molar-refractivity contribution in [2.75, 3.05) is 26.9 Å². The van der Waals surface area contributed by atoms with Crippen molar-refractivity contribution in [1.29, 1.82) is 0 Å².